The number of rotatable bonds is 2. The highest BCUT2D eigenvalue weighted by Gasteiger charge is 2.38. The number of nitrogens with zero attached hydrogens (tertiary/aromatic N) is 2. The molecule has 0 fully saturated rings. The molecule has 200 valence electrons. The number of aromatic nitrogens is 1. The molecule has 1 N–H and O–H groups in total. The Morgan fingerprint density at radius 3 is 2.54 bits per heavy atom. The van der Waals surface area contributed by atoms with Crippen LogP contribution in [0.4, 0.5) is 0 Å². The van der Waals surface area contributed by atoms with E-state index in [4.69, 9.17) is 4.99 Å². The van der Waals surface area contributed by atoms with Crippen molar-refractivity contribution in [3.63, 3.8) is 0 Å². The number of hydrogen-bond donors (Lipinski definition) is 1. The lowest BCUT2D eigenvalue weighted by atomic mass is 9.85. The normalized spacial score (nSPS) is 19.5. The first-order valence-corrected chi connectivity index (χ1v) is 15.1. The van der Waals surface area contributed by atoms with Crippen LogP contribution in [-0.2, 0) is 5.41 Å². The zero-order valence-corrected chi connectivity index (χ0v) is 24.5. The molecule has 3 heterocycles. The second-order valence-corrected chi connectivity index (χ2v) is 12.6. The molecule has 4 heteroatoms. The van der Waals surface area contributed by atoms with Gasteiger partial charge in [0.15, 0.2) is 0 Å². The van der Waals surface area contributed by atoms with Gasteiger partial charge in [-0.1, -0.05) is 111 Å². The van der Waals surface area contributed by atoms with E-state index in [9.17, 15) is 0 Å². The first-order chi connectivity index (χ1) is 20.0. The van der Waals surface area contributed by atoms with Crippen LogP contribution < -0.4 is 5.32 Å². The molecule has 3 aliphatic rings. The summed E-state index contributed by atoms with van der Waals surface area (Å²) in [4.78, 5) is 6.78. The zero-order chi connectivity index (χ0) is 27.9. The lowest BCUT2D eigenvalue weighted by Gasteiger charge is -2.28. The quantitative estimate of drug-likeness (QED) is 0.234. The van der Waals surface area contributed by atoms with Gasteiger partial charge in [0.1, 0.15) is 0 Å². The number of thiophene rings is 1. The number of fused-ring (bicyclic) bond motifs is 8. The molecule has 0 spiro atoms. The summed E-state index contributed by atoms with van der Waals surface area (Å²) in [6, 6.07) is 24.0. The van der Waals surface area contributed by atoms with E-state index in [0.717, 1.165) is 11.7 Å². The second-order valence-electron chi connectivity index (χ2n) is 11.6. The molecule has 1 aliphatic heterocycles. The maximum atomic E-state index is 5.33. The molecule has 2 aliphatic carbocycles. The summed E-state index contributed by atoms with van der Waals surface area (Å²) in [5.74, 6) is 0.867. The number of benzene rings is 3. The zero-order valence-electron chi connectivity index (χ0n) is 23.7. The number of allylic oxidation sites excluding steroid dienone is 6. The topological polar surface area (TPSA) is 29.3 Å². The molecule has 0 saturated carbocycles. The van der Waals surface area contributed by atoms with Crippen molar-refractivity contribution in [1.82, 2.24) is 9.88 Å². The van der Waals surface area contributed by atoms with Crippen molar-refractivity contribution in [3.8, 4) is 0 Å². The van der Waals surface area contributed by atoms with Gasteiger partial charge in [0.2, 0.25) is 5.96 Å². The Kier molecular flexibility index (Phi) is 5.23. The molecule has 0 amide bonds. The van der Waals surface area contributed by atoms with Crippen molar-refractivity contribution in [2.24, 2.45) is 4.99 Å². The van der Waals surface area contributed by atoms with Gasteiger partial charge < -0.3 is 5.32 Å². The van der Waals surface area contributed by atoms with E-state index in [1.54, 1.807) is 0 Å². The van der Waals surface area contributed by atoms with Crippen molar-refractivity contribution >= 4 is 60.5 Å². The van der Waals surface area contributed by atoms with Gasteiger partial charge in [0, 0.05) is 37.6 Å². The summed E-state index contributed by atoms with van der Waals surface area (Å²) in [5.41, 5.74) is 10.1. The Morgan fingerprint density at radius 2 is 1.71 bits per heavy atom. The first-order valence-electron chi connectivity index (χ1n) is 14.3. The van der Waals surface area contributed by atoms with Crippen molar-refractivity contribution in [1.29, 1.82) is 0 Å². The molecule has 3 nitrogen and oxygen atoms in total. The third-order valence-corrected chi connectivity index (χ3v) is 10.4. The second kappa shape index (κ2) is 8.79. The summed E-state index contributed by atoms with van der Waals surface area (Å²) < 4.78 is 3.71. The molecular weight excluding hydrogens is 518 g/mol. The number of hydrogen-bond acceptors (Lipinski definition) is 3. The highest BCUT2D eigenvalue weighted by atomic mass is 32.1. The predicted molar refractivity (Wildman–Crippen MR) is 177 cm³/mol. The Hall–Kier alpha value is -4.41. The molecule has 1 unspecified atom stereocenters. The fraction of sp³-hybridized carbons (Fsp3) is 0.162. The van der Waals surface area contributed by atoms with Gasteiger partial charge in [-0.3, -0.25) is 4.57 Å². The van der Waals surface area contributed by atoms with E-state index in [1.165, 1.54) is 64.6 Å². The minimum atomic E-state index is -0.0392. The van der Waals surface area contributed by atoms with Crippen LogP contribution in [0, 0.1) is 0 Å². The van der Waals surface area contributed by atoms with Crippen LogP contribution in [0.5, 0.6) is 0 Å². The monoisotopic (exact) mass is 549 g/mol. The van der Waals surface area contributed by atoms with Crippen molar-refractivity contribution in [3.05, 3.63) is 130 Å². The summed E-state index contributed by atoms with van der Waals surface area (Å²) in [5, 5.41) is 7.66. The third kappa shape index (κ3) is 3.34. The molecule has 8 rings (SSSR count). The van der Waals surface area contributed by atoms with Crippen molar-refractivity contribution in [2.45, 2.75) is 39.2 Å². The third-order valence-electron chi connectivity index (χ3n) is 8.90. The molecule has 2 aromatic heterocycles. The van der Waals surface area contributed by atoms with Gasteiger partial charge in [-0.15, -0.1) is 11.3 Å². The van der Waals surface area contributed by atoms with Crippen LogP contribution in [0.15, 0.2) is 119 Å². The molecule has 3 aromatic carbocycles. The summed E-state index contributed by atoms with van der Waals surface area (Å²) in [6.45, 7) is 9.15. The Balaban J connectivity index is 1.43. The lowest BCUT2D eigenvalue weighted by molar-refractivity contribution is 0.668. The van der Waals surface area contributed by atoms with Crippen molar-refractivity contribution < 1.29 is 0 Å². The Labute approximate surface area is 244 Å². The molecule has 41 heavy (non-hydrogen) atoms. The maximum absolute atomic E-state index is 5.33. The first kappa shape index (κ1) is 24.4. The van der Waals surface area contributed by atoms with Gasteiger partial charge >= 0.3 is 0 Å². The Bertz CT molecular complexity index is 2110. The predicted octanol–water partition coefficient (Wildman–Crippen LogP) is 9.36. The van der Waals surface area contributed by atoms with Crippen LogP contribution in [0.3, 0.4) is 0 Å². The number of nitrogens with one attached hydrogen (secondary N) is 1. The summed E-state index contributed by atoms with van der Waals surface area (Å²) >= 11 is 1.95. The lowest BCUT2D eigenvalue weighted by Crippen LogP contribution is -2.36. The minimum Gasteiger partial charge on any atom is -0.325 e. The SMILES string of the molecule is C/C=C\C1=C(C)c2c(sc3c2ccc2c4ccccc4n(C4=NC5C=CC=CC5=C(c5ccccc5)N4)c23)C1(C)C. The molecule has 0 radical (unpaired) electrons. The summed E-state index contributed by atoms with van der Waals surface area (Å²) in [7, 11) is 0. The number of para-hydroxylation sites is 1. The average molecular weight is 550 g/mol. The molecular formula is C37H31N3S. The van der Waals surface area contributed by atoms with Crippen LogP contribution in [-0.4, -0.2) is 16.6 Å². The largest absolute Gasteiger partial charge is 0.325 e. The molecule has 0 bridgehead atoms. The van der Waals surface area contributed by atoms with Crippen LogP contribution in [0.1, 0.15) is 43.7 Å². The Morgan fingerprint density at radius 1 is 0.927 bits per heavy atom. The smallest absolute Gasteiger partial charge is 0.208 e. The van der Waals surface area contributed by atoms with E-state index in [2.05, 4.69) is 141 Å². The van der Waals surface area contributed by atoms with Crippen LogP contribution in [0.25, 0.3) is 43.2 Å². The van der Waals surface area contributed by atoms with Gasteiger partial charge in [0.05, 0.1) is 27.5 Å². The fourth-order valence-electron chi connectivity index (χ4n) is 7.04. The van der Waals surface area contributed by atoms with Crippen LogP contribution in [0.2, 0.25) is 0 Å². The van der Waals surface area contributed by atoms with Gasteiger partial charge in [-0.05, 0) is 36.6 Å². The average Bonchev–Trinajstić information content (AvgIpc) is 3.61. The van der Waals surface area contributed by atoms with Crippen molar-refractivity contribution in [2.75, 3.05) is 0 Å². The molecule has 0 saturated heterocycles. The minimum absolute atomic E-state index is 0.0310. The standard InChI is InChI=1S/C37H31N3S/c1-5-13-28-22(2)31-27-21-20-25-24-16-10-12-19-30(24)40(33(25)34(27)41-35(31)37(28,3)4)36-38-29-18-11-9-17-26(29)32(39-36)23-14-7-6-8-15-23/h5-21,29H,1-4H3,(H,38,39)/b13-5-. The van der Waals surface area contributed by atoms with E-state index in [1.807, 2.05) is 11.3 Å². The van der Waals surface area contributed by atoms with E-state index in [0.29, 0.717) is 0 Å². The van der Waals surface area contributed by atoms with E-state index >= 15 is 0 Å². The highest BCUT2D eigenvalue weighted by molar-refractivity contribution is 7.20. The summed E-state index contributed by atoms with van der Waals surface area (Å²) in [6.07, 6.45) is 13.1. The number of aliphatic imine (C=N–C) groups is 1. The fourth-order valence-corrected chi connectivity index (χ4v) is 8.55. The maximum Gasteiger partial charge on any atom is 0.208 e. The van der Waals surface area contributed by atoms with E-state index in [-0.39, 0.29) is 11.5 Å². The van der Waals surface area contributed by atoms with Gasteiger partial charge in [0.25, 0.3) is 0 Å². The van der Waals surface area contributed by atoms with E-state index < -0.39 is 0 Å². The highest BCUT2D eigenvalue weighted by Crippen LogP contribution is 2.54. The van der Waals surface area contributed by atoms with Gasteiger partial charge in [-0.2, -0.15) is 0 Å². The molecule has 1 atom stereocenters. The molecule has 5 aromatic rings. The van der Waals surface area contributed by atoms with Crippen LogP contribution >= 0.6 is 11.3 Å². The van der Waals surface area contributed by atoms with Gasteiger partial charge in [-0.25, -0.2) is 4.99 Å².